The molecule has 2 aliphatic heterocycles. The van der Waals surface area contributed by atoms with Gasteiger partial charge >= 0.3 is 0 Å². The van der Waals surface area contributed by atoms with Gasteiger partial charge in [-0.15, -0.1) is 0 Å². The topological polar surface area (TPSA) is 75.7 Å². The molecular formula is C20H28N2O4S. The van der Waals surface area contributed by atoms with Crippen LogP contribution in [0.25, 0.3) is 0 Å². The molecule has 1 saturated carbocycles. The molecule has 0 atom stereocenters. The highest BCUT2D eigenvalue weighted by Crippen LogP contribution is 2.30. The minimum atomic E-state index is -3.49. The third kappa shape index (κ3) is 3.99. The molecule has 1 N–H and O–H groups in total. The van der Waals surface area contributed by atoms with Gasteiger partial charge in [-0.2, -0.15) is 4.31 Å². The van der Waals surface area contributed by atoms with Gasteiger partial charge in [-0.3, -0.25) is 4.79 Å². The Bertz CT molecular complexity index is 794. The SMILES string of the molecule is O=C(NC1CCN(S(=O)(=O)c2ccc3c(c2)CCO3)CC1)C1CCCCC1. The number of carbonyl (C=O) groups is 1. The zero-order valence-electron chi connectivity index (χ0n) is 15.7. The predicted octanol–water partition coefficient (Wildman–Crippen LogP) is 2.47. The molecule has 1 aromatic carbocycles. The van der Waals surface area contributed by atoms with E-state index in [1.165, 1.54) is 6.42 Å². The molecular weight excluding hydrogens is 364 g/mol. The Labute approximate surface area is 161 Å². The van der Waals surface area contributed by atoms with Gasteiger partial charge in [0.1, 0.15) is 5.75 Å². The summed E-state index contributed by atoms with van der Waals surface area (Å²) in [6.07, 6.45) is 7.59. The number of nitrogens with one attached hydrogen (secondary N) is 1. The van der Waals surface area contributed by atoms with Crippen LogP contribution >= 0.6 is 0 Å². The van der Waals surface area contributed by atoms with Gasteiger partial charge < -0.3 is 10.1 Å². The van der Waals surface area contributed by atoms with Crippen LogP contribution in [0.1, 0.15) is 50.5 Å². The normalized spacial score (nSPS) is 22.2. The summed E-state index contributed by atoms with van der Waals surface area (Å²) in [5.41, 5.74) is 0.964. The minimum absolute atomic E-state index is 0.0827. The Morgan fingerprint density at radius 2 is 1.81 bits per heavy atom. The van der Waals surface area contributed by atoms with Crippen molar-refractivity contribution in [2.45, 2.75) is 62.3 Å². The van der Waals surface area contributed by atoms with E-state index in [0.29, 0.717) is 37.4 Å². The summed E-state index contributed by atoms with van der Waals surface area (Å²) in [7, 11) is -3.49. The number of rotatable bonds is 4. The largest absolute Gasteiger partial charge is 0.493 e. The van der Waals surface area contributed by atoms with Crippen molar-refractivity contribution in [3.63, 3.8) is 0 Å². The second kappa shape index (κ2) is 7.80. The van der Waals surface area contributed by atoms with Crippen molar-refractivity contribution in [3.05, 3.63) is 23.8 Å². The Hall–Kier alpha value is -1.60. The monoisotopic (exact) mass is 392 g/mol. The van der Waals surface area contributed by atoms with Crippen LogP contribution in [-0.2, 0) is 21.2 Å². The summed E-state index contributed by atoms with van der Waals surface area (Å²) in [4.78, 5) is 12.8. The molecule has 0 radical (unpaired) electrons. The average Bonchev–Trinajstić information content (AvgIpc) is 3.17. The Morgan fingerprint density at radius 3 is 2.56 bits per heavy atom. The molecule has 0 bridgehead atoms. The molecule has 1 aromatic rings. The third-order valence-corrected chi connectivity index (χ3v) is 7.97. The summed E-state index contributed by atoms with van der Waals surface area (Å²) in [5, 5.41) is 3.16. The van der Waals surface area contributed by atoms with Crippen LogP contribution in [0.3, 0.4) is 0 Å². The van der Waals surface area contributed by atoms with Crippen LogP contribution in [0.4, 0.5) is 0 Å². The molecule has 1 aliphatic carbocycles. The lowest BCUT2D eigenvalue weighted by Gasteiger charge is -2.33. The van der Waals surface area contributed by atoms with E-state index in [2.05, 4.69) is 5.32 Å². The average molecular weight is 393 g/mol. The fraction of sp³-hybridized carbons (Fsp3) is 0.650. The van der Waals surface area contributed by atoms with Gasteiger partial charge in [0.25, 0.3) is 0 Å². The molecule has 0 aromatic heterocycles. The maximum absolute atomic E-state index is 13.0. The lowest BCUT2D eigenvalue weighted by molar-refractivity contribution is -0.126. The molecule has 0 spiro atoms. The molecule has 6 nitrogen and oxygen atoms in total. The van der Waals surface area contributed by atoms with Gasteiger partial charge in [0.05, 0.1) is 11.5 Å². The maximum atomic E-state index is 13.0. The summed E-state index contributed by atoms with van der Waals surface area (Å²) in [6.45, 7) is 1.52. The summed E-state index contributed by atoms with van der Waals surface area (Å²) in [6, 6.07) is 5.22. The van der Waals surface area contributed by atoms with Crippen molar-refractivity contribution in [2.75, 3.05) is 19.7 Å². The zero-order chi connectivity index (χ0) is 18.9. The third-order valence-electron chi connectivity index (χ3n) is 6.07. The number of hydrogen-bond acceptors (Lipinski definition) is 4. The molecule has 1 saturated heterocycles. The first kappa shape index (κ1) is 18.7. The van der Waals surface area contributed by atoms with Crippen molar-refractivity contribution in [2.24, 2.45) is 5.92 Å². The number of carbonyl (C=O) groups excluding carboxylic acids is 1. The number of hydrogen-bond donors (Lipinski definition) is 1. The highest BCUT2D eigenvalue weighted by molar-refractivity contribution is 7.89. The van der Waals surface area contributed by atoms with Gasteiger partial charge in [-0.05, 0) is 49.4 Å². The first-order valence-electron chi connectivity index (χ1n) is 10.1. The smallest absolute Gasteiger partial charge is 0.243 e. The van der Waals surface area contributed by atoms with Crippen molar-refractivity contribution < 1.29 is 17.9 Å². The lowest BCUT2D eigenvalue weighted by atomic mass is 9.88. The fourth-order valence-corrected chi connectivity index (χ4v) is 5.92. The van der Waals surface area contributed by atoms with Gasteiger partial charge in [-0.25, -0.2) is 8.42 Å². The van der Waals surface area contributed by atoms with Gasteiger partial charge in [-0.1, -0.05) is 19.3 Å². The maximum Gasteiger partial charge on any atom is 0.243 e. The van der Waals surface area contributed by atoms with Gasteiger partial charge in [0.2, 0.25) is 15.9 Å². The second-order valence-electron chi connectivity index (χ2n) is 7.89. The Kier molecular flexibility index (Phi) is 5.41. The van der Waals surface area contributed by atoms with E-state index in [-0.39, 0.29) is 17.9 Å². The lowest BCUT2D eigenvalue weighted by Crippen LogP contribution is -2.48. The number of ether oxygens (including phenoxy) is 1. The zero-order valence-corrected chi connectivity index (χ0v) is 16.5. The Morgan fingerprint density at radius 1 is 1.07 bits per heavy atom. The number of benzene rings is 1. The molecule has 0 unspecified atom stereocenters. The van der Waals surface area contributed by atoms with E-state index < -0.39 is 10.0 Å². The molecule has 27 heavy (non-hydrogen) atoms. The number of sulfonamides is 1. The van der Waals surface area contributed by atoms with Crippen molar-refractivity contribution >= 4 is 15.9 Å². The molecule has 3 aliphatic rings. The Balaban J connectivity index is 1.35. The van der Waals surface area contributed by atoms with Crippen molar-refractivity contribution in [1.29, 1.82) is 0 Å². The number of piperidine rings is 1. The summed E-state index contributed by atoms with van der Waals surface area (Å²) < 4.78 is 32.9. The van der Waals surface area contributed by atoms with Crippen LogP contribution in [0, 0.1) is 5.92 Å². The first-order valence-corrected chi connectivity index (χ1v) is 11.5. The van der Waals surface area contributed by atoms with E-state index in [1.54, 1.807) is 22.5 Å². The van der Waals surface area contributed by atoms with Crippen LogP contribution in [-0.4, -0.2) is 44.4 Å². The summed E-state index contributed by atoms with van der Waals surface area (Å²) >= 11 is 0. The van der Waals surface area contributed by atoms with Crippen LogP contribution in [0.5, 0.6) is 5.75 Å². The quantitative estimate of drug-likeness (QED) is 0.854. The van der Waals surface area contributed by atoms with Crippen LogP contribution in [0.2, 0.25) is 0 Å². The molecule has 1 amide bonds. The van der Waals surface area contributed by atoms with E-state index in [4.69, 9.17) is 4.74 Å². The molecule has 4 rings (SSSR count). The predicted molar refractivity (Wildman–Crippen MR) is 102 cm³/mol. The number of fused-ring (bicyclic) bond motifs is 1. The van der Waals surface area contributed by atoms with E-state index >= 15 is 0 Å². The van der Waals surface area contributed by atoms with Crippen molar-refractivity contribution in [3.8, 4) is 5.75 Å². The fourth-order valence-electron chi connectivity index (χ4n) is 4.40. The van der Waals surface area contributed by atoms with E-state index in [0.717, 1.165) is 43.4 Å². The van der Waals surface area contributed by atoms with Crippen molar-refractivity contribution in [1.82, 2.24) is 9.62 Å². The number of nitrogens with zero attached hydrogens (tertiary/aromatic N) is 1. The molecule has 2 fully saturated rings. The molecule has 2 heterocycles. The molecule has 148 valence electrons. The first-order chi connectivity index (χ1) is 13.0. The summed E-state index contributed by atoms with van der Waals surface area (Å²) in [5.74, 6) is 1.10. The van der Waals surface area contributed by atoms with Gasteiger partial charge in [0, 0.05) is 31.5 Å². The van der Waals surface area contributed by atoms with Crippen LogP contribution in [0.15, 0.2) is 23.1 Å². The minimum Gasteiger partial charge on any atom is -0.493 e. The van der Waals surface area contributed by atoms with Crippen LogP contribution < -0.4 is 10.1 Å². The number of amides is 1. The second-order valence-corrected chi connectivity index (χ2v) is 9.83. The standard InChI is InChI=1S/C20H28N2O4S/c23-20(15-4-2-1-3-5-15)21-17-8-11-22(12-9-17)27(24,25)18-6-7-19-16(14-18)10-13-26-19/h6-7,14-15,17H,1-5,8-13H2,(H,21,23). The molecule has 7 heteroatoms. The highest BCUT2D eigenvalue weighted by atomic mass is 32.2. The van der Waals surface area contributed by atoms with E-state index in [9.17, 15) is 13.2 Å². The van der Waals surface area contributed by atoms with Gasteiger partial charge in [0.15, 0.2) is 0 Å². The highest BCUT2D eigenvalue weighted by Gasteiger charge is 2.32. The van der Waals surface area contributed by atoms with E-state index in [1.807, 2.05) is 0 Å².